The molecule has 1 aliphatic heterocycles. The lowest BCUT2D eigenvalue weighted by Crippen LogP contribution is -2.28. The van der Waals surface area contributed by atoms with Crippen LogP contribution in [-0.4, -0.2) is 33.4 Å². The summed E-state index contributed by atoms with van der Waals surface area (Å²) in [6, 6.07) is 4.76. The van der Waals surface area contributed by atoms with E-state index in [0.29, 0.717) is 20.7 Å². The van der Waals surface area contributed by atoms with Crippen LogP contribution in [0, 0.1) is 4.91 Å². The Morgan fingerprint density at radius 2 is 2.17 bits per heavy atom. The van der Waals surface area contributed by atoms with Gasteiger partial charge in [0.1, 0.15) is 16.3 Å². The van der Waals surface area contributed by atoms with E-state index in [9.17, 15) is 10.1 Å². The molecule has 0 radical (unpaired) electrons. The maximum absolute atomic E-state index is 12.5. The van der Waals surface area contributed by atoms with Crippen LogP contribution in [0.15, 0.2) is 47.5 Å². The number of aliphatic imine (C=N–C) groups is 1. The average molecular weight is 343 g/mol. The van der Waals surface area contributed by atoms with E-state index < -0.39 is 0 Å². The summed E-state index contributed by atoms with van der Waals surface area (Å²) >= 11 is 1.47. The molecule has 0 unspecified atom stereocenters. The van der Waals surface area contributed by atoms with Gasteiger partial charge >= 0.3 is 5.82 Å². The molecule has 24 heavy (non-hydrogen) atoms. The molecule has 0 bridgehead atoms. The third-order valence-electron chi connectivity index (χ3n) is 4.08. The summed E-state index contributed by atoms with van der Waals surface area (Å²) in [7, 11) is 1.52. The van der Waals surface area contributed by atoms with Gasteiger partial charge < -0.3 is 9.94 Å². The molecule has 2 heterocycles. The smallest absolute Gasteiger partial charge is 0.348 e. The summed E-state index contributed by atoms with van der Waals surface area (Å²) in [6.45, 7) is 0. The fourth-order valence-corrected chi connectivity index (χ4v) is 4.04. The van der Waals surface area contributed by atoms with Crippen molar-refractivity contribution in [2.75, 3.05) is 12.8 Å². The highest BCUT2D eigenvalue weighted by molar-refractivity contribution is 8.15. The number of nitrogens with two attached hydrogens (primary N) is 1. The van der Waals surface area contributed by atoms with E-state index in [1.807, 2.05) is 24.3 Å². The van der Waals surface area contributed by atoms with E-state index in [-0.39, 0.29) is 28.3 Å². The third kappa shape index (κ3) is 2.10. The van der Waals surface area contributed by atoms with Gasteiger partial charge in [-0.1, -0.05) is 41.0 Å². The van der Waals surface area contributed by atoms with E-state index in [1.54, 1.807) is 18.2 Å². The van der Waals surface area contributed by atoms with Crippen LogP contribution in [-0.2, 0) is 0 Å². The van der Waals surface area contributed by atoms with Crippen molar-refractivity contribution in [3.63, 3.8) is 0 Å². The van der Waals surface area contributed by atoms with Crippen LogP contribution >= 0.6 is 11.8 Å². The van der Waals surface area contributed by atoms with Gasteiger partial charge in [0, 0.05) is 10.5 Å². The van der Waals surface area contributed by atoms with Gasteiger partial charge in [-0.3, -0.25) is 10.7 Å². The van der Waals surface area contributed by atoms with Crippen molar-refractivity contribution >= 4 is 33.7 Å². The second kappa shape index (κ2) is 5.41. The van der Waals surface area contributed by atoms with Gasteiger partial charge in [-0.05, 0) is 12.1 Å². The molecule has 0 saturated heterocycles. The van der Waals surface area contributed by atoms with Gasteiger partial charge in [-0.15, -0.1) is 0 Å². The Balaban J connectivity index is 1.94. The maximum atomic E-state index is 12.5. The second-order valence-corrected chi connectivity index (χ2v) is 6.64. The van der Waals surface area contributed by atoms with Crippen LogP contribution in [0.2, 0.25) is 0 Å². The van der Waals surface area contributed by atoms with Crippen molar-refractivity contribution in [2.45, 2.75) is 11.3 Å². The molecule has 0 saturated carbocycles. The predicted molar refractivity (Wildman–Crippen MR) is 93.4 cm³/mol. The highest BCUT2D eigenvalue weighted by Gasteiger charge is 2.34. The zero-order valence-electron chi connectivity index (χ0n) is 12.8. The standard InChI is InChI=1S/C16H15N4O3S/c1-23-9-6-7-11-12(8-9)19(21)14(15(17)20(11)22)16-18-10-4-2-3-5-13(10)24-16/h2-8,10,13,21H,17H2,1H3/q+1/t10-,13-/m1/s1. The fraction of sp³-hybridized carbons (Fsp3) is 0.188. The molecule has 1 aliphatic carbocycles. The summed E-state index contributed by atoms with van der Waals surface area (Å²) in [5.41, 5.74) is 6.75. The lowest BCUT2D eigenvalue weighted by molar-refractivity contribution is -0.448. The summed E-state index contributed by atoms with van der Waals surface area (Å²) in [6.07, 6.45) is 7.92. The van der Waals surface area contributed by atoms with Gasteiger partial charge in [-0.25, -0.2) is 0 Å². The first-order chi connectivity index (χ1) is 11.6. The number of hydrogen-bond donors (Lipinski definition) is 2. The summed E-state index contributed by atoms with van der Waals surface area (Å²) in [5.74, 6) is 0.439. The van der Waals surface area contributed by atoms with Gasteiger partial charge in [0.05, 0.1) is 18.4 Å². The normalized spacial score (nSPS) is 21.8. The van der Waals surface area contributed by atoms with Crippen LogP contribution in [0.25, 0.3) is 11.0 Å². The first-order valence-electron chi connectivity index (χ1n) is 7.34. The molecule has 4 rings (SSSR count). The topological polar surface area (TPSA) is 95.7 Å². The second-order valence-electron chi connectivity index (χ2n) is 5.47. The molecule has 0 amide bonds. The molecule has 3 N–H and O–H groups in total. The number of nitrogens with zero attached hydrogens (tertiary/aromatic N) is 3. The quantitative estimate of drug-likeness (QED) is 0.640. The lowest BCUT2D eigenvalue weighted by atomic mass is 10.1. The van der Waals surface area contributed by atoms with Crippen LogP contribution in [0.4, 0.5) is 5.82 Å². The Morgan fingerprint density at radius 1 is 1.38 bits per heavy atom. The SMILES string of the molecule is COc1ccc2c(c1)n(O)c(C1=N[C@@H]3C=CC=C[C@H]3S1)c(N)[n+]2=O. The Bertz CT molecular complexity index is 993. The zero-order chi connectivity index (χ0) is 16.8. The van der Waals surface area contributed by atoms with Crippen LogP contribution in [0.1, 0.15) is 5.69 Å². The van der Waals surface area contributed by atoms with E-state index >= 15 is 0 Å². The Morgan fingerprint density at radius 3 is 2.92 bits per heavy atom. The minimum Gasteiger partial charge on any atom is -0.497 e. The number of anilines is 1. The van der Waals surface area contributed by atoms with Crippen molar-refractivity contribution < 1.29 is 14.4 Å². The van der Waals surface area contributed by atoms with Crippen molar-refractivity contribution in [3.8, 4) is 5.75 Å². The molecule has 1 aromatic carbocycles. The Hall–Kier alpha value is -2.74. The summed E-state index contributed by atoms with van der Waals surface area (Å²) in [4.78, 5) is 17.1. The first kappa shape index (κ1) is 14.8. The highest BCUT2D eigenvalue weighted by Crippen LogP contribution is 2.35. The number of aromatic nitrogens is 2. The molecular weight excluding hydrogens is 328 g/mol. The third-order valence-corrected chi connectivity index (χ3v) is 5.31. The van der Waals surface area contributed by atoms with Gasteiger partial charge in [0.25, 0.3) is 0 Å². The minimum atomic E-state index is -0.0898. The van der Waals surface area contributed by atoms with E-state index in [4.69, 9.17) is 10.5 Å². The molecule has 122 valence electrons. The Labute approximate surface area is 141 Å². The number of allylic oxidation sites excluding steroid dienone is 2. The lowest BCUT2D eigenvalue weighted by Gasteiger charge is -2.11. The van der Waals surface area contributed by atoms with Crippen LogP contribution in [0.3, 0.4) is 0 Å². The van der Waals surface area contributed by atoms with E-state index in [2.05, 4.69) is 4.99 Å². The molecule has 8 heteroatoms. The first-order valence-corrected chi connectivity index (χ1v) is 8.22. The number of rotatable bonds is 2. The number of ether oxygens (including phenoxy) is 1. The van der Waals surface area contributed by atoms with Crippen LogP contribution in [0.5, 0.6) is 5.75 Å². The maximum Gasteiger partial charge on any atom is 0.348 e. The van der Waals surface area contributed by atoms with Crippen molar-refractivity contribution in [1.82, 2.24) is 4.73 Å². The zero-order valence-corrected chi connectivity index (χ0v) is 13.6. The highest BCUT2D eigenvalue weighted by atomic mass is 32.2. The van der Waals surface area contributed by atoms with E-state index in [1.165, 1.54) is 18.9 Å². The van der Waals surface area contributed by atoms with Crippen molar-refractivity contribution in [2.24, 2.45) is 4.99 Å². The summed E-state index contributed by atoms with van der Waals surface area (Å²) in [5, 5.41) is 11.3. The molecule has 2 aliphatic rings. The fourth-order valence-electron chi connectivity index (χ4n) is 2.84. The molecule has 2 aromatic rings. The Kier molecular flexibility index (Phi) is 3.34. The molecule has 2 atom stereocenters. The van der Waals surface area contributed by atoms with Crippen LogP contribution < -0.4 is 14.9 Å². The van der Waals surface area contributed by atoms with Crippen molar-refractivity contribution in [1.29, 1.82) is 0 Å². The molecule has 7 nitrogen and oxygen atoms in total. The molecular formula is C16H15N4O3S+. The average Bonchev–Trinajstić information content (AvgIpc) is 3.03. The number of fused-ring (bicyclic) bond motifs is 2. The molecule has 1 aromatic heterocycles. The predicted octanol–water partition coefficient (Wildman–Crippen LogP) is 1.74. The number of thioether (sulfide) groups is 1. The molecule has 0 fully saturated rings. The van der Waals surface area contributed by atoms with Gasteiger partial charge in [0.2, 0.25) is 11.2 Å². The van der Waals surface area contributed by atoms with E-state index in [0.717, 1.165) is 4.73 Å². The minimum absolute atomic E-state index is 0.0180. The number of methoxy groups -OCH3 is 1. The monoisotopic (exact) mass is 343 g/mol. The van der Waals surface area contributed by atoms with Crippen molar-refractivity contribution in [3.05, 3.63) is 53.1 Å². The van der Waals surface area contributed by atoms with Gasteiger partial charge in [-0.2, -0.15) is 4.73 Å². The number of hydrogen-bond acceptors (Lipinski definition) is 6. The number of nitrogen functional groups attached to an aromatic ring is 1. The largest absolute Gasteiger partial charge is 0.497 e. The summed E-state index contributed by atoms with van der Waals surface area (Å²) < 4.78 is 6.69. The number of benzene rings is 1. The van der Waals surface area contributed by atoms with Gasteiger partial charge in [0.15, 0.2) is 0 Å². The molecule has 0 spiro atoms.